The maximum Gasteiger partial charge on any atom is 0.166 e. The summed E-state index contributed by atoms with van der Waals surface area (Å²) in [7, 11) is 0. The van der Waals surface area contributed by atoms with Crippen molar-refractivity contribution in [1.29, 1.82) is 0 Å². The highest BCUT2D eigenvalue weighted by Crippen LogP contribution is 2.41. The van der Waals surface area contributed by atoms with Gasteiger partial charge >= 0.3 is 0 Å². The number of aliphatic hydroxyl groups excluding tert-OH is 1. The number of halogens is 4. The van der Waals surface area contributed by atoms with Gasteiger partial charge < -0.3 is 9.84 Å². The SMILES string of the molecule is CCOCc1ccc(/C=C/C2CCC(c3ccc(C4CCC(O)CC4)c(F)c3F)CC2)c(F)c1F. The summed E-state index contributed by atoms with van der Waals surface area (Å²) in [4.78, 5) is 0. The van der Waals surface area contributed by atoms with Crippen LogP contribution in [0.2, 0.25) is 0 Å². The molecule has 0 atom stereocenters. The zero-order valence-corrected chi connectivity index (χ0v) is 20.2. The van der Waals surface area contributed by atoms with Gasteiger partial charge in [-0.25, -0.2) is 17.6 Å². The van der Waals surface area contributed by atoms with Gasteiger partial charge in [-0.15, -0.1) is 0 Å². The van der Waals surface area contributed by atoms with Gasteiger partial charge in [0.1, 0.15) is 0 Å². The average molecular weight is 491 g/mol. The second-order valence-electron chi connectivity index (χ2n) is 9.93. The van der Waals surface area contributed by atoms with Crippen molar-refractivity contribution in [2.45, 2.75) is 82.8 Å². The molecule has 2 aromatic carbocycles. The molecule has 6 heteroatoms. The first-order valence-electron chi connectivity index (χ1n) is 12.8. The zero-order chi connectivity index (χ0) is 24.9. The molecule has 2 aliphatic rings. The van der Waals surface area contributed by atoms with Gasteiger partial charge in [0.15, 0.2) is 23.3 Å². The lowest BCUT2D eigenvalue weighted by molar-refractivity contribution is 0.122. The summed E-state index contributed by atoms with van der Waals surface area (Å²) in [5.74, 6) is -3.15. The van der Waals surface area contributed by atoms with E-state index in [2.05, 4.69) is 0 Å². The molecule has 0 radical (unpaired) electrons. The average Bonchev–Trinajstić information content (AvgIpc) is 2.87. The highest BCUT2D eigenvalue weighted by molar-refractivity contribution is 5.51. The normalized spacial score (nSPS) is 25.3. The van der Waals surface area contributed by atoms with Crippen LogP contribution in [0, 0.1) is 29.2 Å². The number of allylic oxidation sites excluding steroid dienone is 1. The number of ether oxygens (including phenoxy) is 1. The molecule has 0 saturated heterocycles. The van der Waals surface area contributed by atoms with E-state index in [0.717, 1.165) is 12.8 Å². The van der Waals surface area contributed by atoms with Crippen molar-refractivity contribution < 1.29 is 27.4 Å². The first-order valence-corrected chi connectivity index (χ1v) is 12.8. The van der Waals surface area contributed by atoms with Crippen LogP contribution in [0.1, 0.15) is 92.4 Å². The summed E-state index contributed by atoms with van der Waals surface area (Å²) in [5.41, 5.74) is 1.26. The van der Waals surface area contributed by atoms with Crippen LogP contribution < -0.4 is 0 Å². The van der Waals surface area contributed by atoms with Gasteiger partial charge in [-0.3, -0.25) is 0 Å². The molecule has 0 aromatic heterocycles. The Morgan fingerprint density at radius 3 is 1.91 bits per heavy atom. The van der Waals surface area contributed by atoms with Crippen LogP contribution in [-0.2, 0) is 11.3 Å². The molecule has 0 unspecified atom stereocenters. The lowest BCUT2D eigenvalue weighted by atomic mass is 9.77. The summed E-state index contributed by atoms with van der Waals surface area (Å²) in [5, 5.41) is 9.69. The molecule has 2 nitrogen and oxygen atoms in total. The minimum Gasteiger partial charge on any atom is -0.393 e. The number of aliphatic hydroxyl groups is 1. The quantitative estimate of drug-likeness (QED) is 0.402. The van der Waals surface area contributed by atoms with Crippen LogP contribution in [0.15, 0.2) is 30.3 Å². The van der Waals surface area contributed by atoms with Crippen LogP contribution in [0.3, 0.4) is 0 Å². The molecule has 0 aliphatic heterocycles. The Labute approximate surface area is 205 Å². The van der Waals surface area contributed by atoms with Crippen LogP contribution in [0.5, 0.6) is 0 Å². The van der Waals surface area contributed by atoms with E-state index in [0.29, 0.717) is 56.3 Å². The van der Waals surface area contributed by atoms with Gasteiger partial charge in [-0.05, 0) is 87.2 Å². The second kappa shape index (κ2) is 11.7. The first-order chi connectivity index (χ1) is 16.9. The summed E-state index contributed by atoms with van der Waals surface area (Å²) < 4.78 is 63.8. The van der Waals surface area contributed by atoms with E-state index < -0.39 is 23.3 Å². The van der Waals surface area contributed by atoms with Gasteiger partial charge in [0, 0.05) is 17.7 Å². The van der Waals surface area contributed by atoms with E-state index in [-0.39, 0.29) is 41.6 Å². The lowest BCUT2D eigenvalue weighted by Crippen LogP contribution is -2.19. The Balaban J connectivity index is 1.37. The summed E-state index contributed by atoms with van der Waals surface area (Å²) in [6.45, 7) is 2.26. The summed E-state index contributed by atoms with van der Waals surface area (Å²) in [6, 6.07) is 6.57. The van der Waals surface area contributed by atoms with Gasteiger partial charge in [-0.2, -0.15) is 0 Å². The van der Waals surface area contributed by atoms with Crippen molar-refractivity contribution >= 4 is 6.08 Å². The Kier molecular flexibility index (Phi) is 8.66. The molecular weight excluding hydrogens is 456 g/mol. The van der Waals surface area contributed by atoms with Crippen LogP contribution >= 0.6 is 0 Å². The predicted octanol–water partition coefficient (Wildman–Crippen LogP) is 7.79. The molecular formula is C29H34F4O2. The standard InChI is InChI=1S/C29H34F4O2/c1-2-35-17-22-10-9-21(26(30)27(22)31)8-5-18-3-6-19(7-4-18)24-15-16-25(29(33)28(24)32)20-11-13-23(34)14-12-20/h5,8-10,15-16,18-20,23,34H,2-4,6-7,11-14,17H2,1H3/b8-5+. The number of benzene rings is 2. The van der Waals surface area contributed by atoms with E-state index in [1.54, 1.807) is 37.3 Å². The molecule has 2 aliphatic carbocycles. The molecule has 2 aromatic rings. The topological polar surface area (TPSA) is 29.5 Å². The monoisotopic (exact) mass is 490 g/mol. The highest BCUT2D eigenvalue weighted by atomic mass is 19.2. The Morgan fingerprint density at radius 2 is 1.34 bits per heavy atom. The maximum absolute atomic E-state index is 15.0. The number of hydrogen-bond acceptors (Lipinski definition) is 2. The molecule has 190 valence electrons. The largest absolute Gasteiger partial charge is 0.393 e. The Bertz CT molecular complexity index is 1040. The molecule has 4 rings (SSSR count). The van der Waals surface area contributed by atoms with Gasteiger partial charge in [0.25, 0.3) is 0 Å². The van der Waals surface area contributed by atoms with E-state index in [1.807, 2.05) is 6.08 Å². The fourth-order valence-electron chi connectivity index (χ4n) is 5.52. The zero-order valence-electron chi connectivity index (χ0n) is 20.2. The second-order valence-corrected chi connectivity index (χ2v) is 9.93. The first kappa shape index (κ1) is 25.9. The summed E-state index contributed by atoms with van der Waals surface area (Å²) >= 11 is 0. The number of rotatable bonds is 7. The molecule has 1 N–H and O–H groups in total. The Hall–Kier alpha value is -2.18. The third kappa shape index (κ3) is 5.97. The lowest BCUT2D eigenvalue weighted by Gasteiger charge is -2.29. The molecule has 2 fully saturated rings. The Morgan fingerprint density at radius 1 is 0.771 bits per heavy atom. The van der Waals surface area contributed by atoms with E-state index >= 15 is 4.39 Å². The summed E-state index contributed by atoms with van der Waals surface area (Å²) in [6.07, 6.45) is 8.75. The van der Waals surface area contributed by atoms with Crippen LogP contribution in [-0.4, -0.2) is 17.8 Å². The van der Waals surface area contributed by atoms with Crippen molar-refractivity contribution in [3.05, 3.63) is 75.9 Å². The van der Waals surface area contributed by atoms with Crippen LogP contribution in [0.25, 0.3) is 6.08 Å². The molecule has 2 saturated carbocycles. The van der Waals surface area contributed by atoms with Crippen molar-refractivity contribution in [2.75, 3.05) is 6.61 Å². The number of hydrogen-bond donors (Lipinski definition) is 1. The van der Waals surface area contributed by atoms with E-state index in [9.17, 15) is 18.3 Å². The minimum atomic E-state index is -0.880. The van der Waals surface area contributed by atoms with Crippen molar-refractivity contribution in [2.24, 2.45) is 5.92 Å². The molecule has 0 heterocycles. The van der Waals surface area contributed by atoms with Gasteiger partial charge in [0.2, 0.25) is 0 Å². The fourth-order valence-corrected chi connectivity index (χ4v) is 5.52. The fraction of sp³-hybridized carbons (Fsp3) is 0.517. The molecule has 35 heavy (non-hydrogen) atoms. The molecule has 0 amide bonds. The van der Waals surface area contributed by atoms with E-state index in [4.69, 9.17) is 4.74 Å². The minimum absolute atomic E-state index is 0.0369. The predicted molar refractivity (Wildman–Crippen MR) is 129 cm³/mol. The molecule has 0 spiro atoms. The third-order valence-electron chi connectivity index (χ3n) is 7.69. The smallest absolute Gasteiger partial charge is 0.166 e. The van der Waals surface area contributed by atoms with Crippen molar-refractivity contribution in [1.82, 2.24) is 0 Å². The highest BCUT2D eigenvalue weighted by Gasteiger charge is 2.29. The maximum atomic E-state index is 15.0. The third-order valence-corrected chi connectivity index (χ3v) is 7.69. The van der Waals surface area contributed by atoms with Crippen molar-refractivity contribution in [3.63, 3.8) is 0 Å². The van der Waals surface area contributed by atoms with Gasteiger partial charge in [0.05, 0.1) is 12.7 Å². The molecule has 0 bridgehead atoms. The van der Waals surface area contributed by atoms with Crippen molar-refractivity contribution in [3.8, 4) is 0 Å². The van der Waals surface area contributed by atoms with Crippen LogP contribution in [0.4, 0.5) is 17.6 Å². The van der Waals surface area contributed by atoms with E-state index in [1.165, 1.54) is 0 Å². The van der Waals surface area contributed by atoms with Gasteiger partial charge in [-0.1, -0.05) is 36.4 Å².